The number of carbonyl (C=O) groups is 1. The standard InChI is InChI=1S/C22H32F2N8O.C2H4O2/c1-3-16-18(31-10-4-9-22(23,24)14-31)8-7-17(28-16)21(25)19(30(2)26)13-33-20-11-27-32(29-20)12-15-5-6-15;1-2(3)4/h7-8,11,15H,3-6,9-10,12-14,25-26H2,1-2H3;1H3,(H,3,4)/b21-19-;. The van der Waals surface area contributed by atoms with Gasteiger partial charge in [-0.15, -0.1) is 5.10 Å². The Morgan fingerprint density at radius 2 is 2.05 bits per heavy atom. The number of hydrogen-bond donors (Lipinski definition) is 3. The van der Waals surface area contributed by atoms with Gasteiger partial charge < -0.3 is 25.5 Å². The van der Waals surface area contributed by atoms with Crippen molar-refractivity contribution in [2.24, 2.45) is 17.5 Å². The fraction of sp³-hybridized carbons (Fsp3) is 0.583. The van der Waals surface area contributed by atoms with E-state index in [1.807, 2.05) is 13.0 Å². The second-order valence-corrected chi connectivity index (χ2v) is 9.36. The SMILES string of the molecule is CC(=O)O.CCc1nc(/C(N)=C(\COc2cnn(CC3CC3)n2)N(C)N)ccc1N1CCCC(F)(F)C1. The summed E-state index contributed by atoms with van der Waals surface area (Å²) in [7, 11) is 1.67. The van der Waals surface area contributed by atoms with Crippen LogP contribution in [0.2, 0.25) is 0 Å². The molecule has 13 heteroatoms. The summed E-state index contributed by atoms with van der Waals surface area (Å²) in [6, 6.07) is 3.56. The number of rotatable bonds is 9. The third-order valence-corrected chi connectivity index (χ3v) is 6.02. The molecule has 2 fully saturated rings. The van der Waals surface area contributed by atoms with Gasteiger partial charge in [-0.2, -0.15) is 9.90 Å². The second kappa shape index (κ2) is 12.2. The molecule has 2 aromatic rings. The molecule has 1 saturated carbocycles. The summed E-state index contributed by atoms with van der Waals surface area (Å²) in [4.78, 5) is 17.0. The molecule has 0 aromatic carbocycles. The summed E-state index contributed by atoms with van der Waals surface area (Å²) >= 11 is 0. The van der Waals surface area contributed by atoms with Gasteiger partial charge in [-0.1, -0.05) is 6.92 Å². The number of nitrogens with zero attached hydrogens (tertiary/aromatic N) is 6. The van der Waals surface area contributed by atoms with Gasteiger partial charge in [0.25, 0.3) is 17.8 Å². The molecule has 4 rings (SSSR count). The lowest BCUT2D eigenvalue weighted by Gasteiger charge is -2.35. The first-order valence-electron chi connectivity index (χ1n) is 12.3. The van der Waals surface area contributed by atoms with E-state index >= 15 is 0 Å². The van der Waals surface area contributed by atoms with Crippen molar-refractivity contribution in [3.8, 4) is 5.88 Å². The minimum Gasteiger partial charge on any atom is -0.481 e. The second-order valence-electron chi connectivity index (χ2n) is 9.36. The highest BCUT2D eigenvalue weighted by molar-refractivity contribution is 5.65. The van der Waals surface area contributed by atoms with Crippen molar-refractivity contribution in [1.29, 1.82) is 0 Å². The normalized spacial score (nSPS) is 17.4. The monoisotopic (exact) mass is 522 g/mol. The lowest BCUT2D eigenvalue weighted by molar-refractivity contribution is -0.134. The summed E-state index contributed by atoms with van der Waals surface area (Å²) < 4.78 is 33.7. The molecule has 11 nitrogen and oxygen atoms in total. The van der Waals surface area contributed by atoms with E-state index in [1.54, 1.807) is 29.0 Å². The Hall–Kier alpha value is -3.48. The van der Waals surface area contributed by atoms with Gasteiger partial charge in [-0.3, -0.25) is 4.79 Å². The summed E-state index contributed by atoms with van der Waals surface area (Å²) in [6.07, 6.45) is 4.96. The average Bonchev–Trinajstić information content (AvgIpc) is 3.53. The van der Waals surface area contributed by atoms with E-state index in [0.29, 0.717) is 48.3 Å². The molecular weight excluding hydrogens is 486 g/mol. The number of nitrogens with two attached hydrogens (primary N) is 2. The topological polar surface area (TPSA) is 149 Å². The number of aryl methyl sites for hydroxylation is 1. The van der Waals surface area contributed by atoms with E-state index in [-0.39, 0.29) is 19.6 Å². The zero-order valence-electron chi connectivity index (χ0n) is 21.5. The Balaban J connectivity index is 0.000000886. The van der Waals surface area contributed by atoms with E-state index in [4.69, 9.17) is 26.2 Å². The smallest absolute Gasteiger partial charge is 0.300 e. The molecule has 0 spiro atoms. The molecule has 0 atom stereocenters. The van der Waals surface area contributed by atoms with E-state index in [2.05, 4.69) is 15.2 Å². The number of ether oxygens (including phenoxy) is 1. The van der Waals surface area contributed by atoms with Gasteiger partial charge in [-0.25, -0.2) is 19.6 Å². The van der Waals surface area contributed by atoms with Crippen molar-refractivity contribution in [2.45, 2.75) is 58.4 Å². The third-order valence-electron chi connectivity index (χ3n) is 6.02. The molecule has 1 aliphatic heterocycles. The number of aliphatic carboxylic acids is 1. The van der Waals surface area contributed by atoms with Gasteiger partial charge in [0, 0.05) is 26.9 Å². The Kier molecular flexibility index (Phi) is 9.24. The van der Waals surface area contributed by atoms with Crippen LogP contribution in [0.5, 0.6) is 5.88 Å². The van der Waals surface area contributed by atoms with Crippen LogP contribution in [-0.2, 0) is 17.8 Å². The fourth-order valence-corrected chi connectivity index (χ4v) is 3.99. The van der Waals surface area contributed by atoms with Crippen molar-refractivity contribution in [1.82, 2.24) is 25.0 Å². The molecule has 0 radical (unpaired) electrons. The zero-order chi connectivity index (χ0) is 27.2. The molecule has 3 heterocycles. The lowest BCUT2D eigenvalue weighted by atomic mass is 10.1. The highest BCUT2D eigenvalue weighted by Gasteiger charge is 2.36. The number of alkyl halides is 2. The number of likely N-dealkylation sites (N-methyl/N-ethyl adjacent to an activating group) is 1. The minimum atomic E-state index is -2.69. The van der Waals surface area contributed by atoms with Crippen LogP contribution >= 0.6 is 0 Å². The summed E-state index contributed by atoms with van der Waals surface area (Å²) in [5, 5.41) is 17.4. The summed E-state index contributed by atoms with van der Waals surface area (Å²) in [5.74, 6) is 3.55. The average molecular weight is 523 g/mol. The summed E-state index contributed by atoms with van der Waals surface area (Å²) in [6.45, 7) is 4.20. The number of pyridine rings is 1. The zero-order valence-corrected chi connectivity index (χ0v) is 21.5. The van der Waals surface area contributed by atoms with E-state index in [9.17, 15) is 8.78 Å². The number of carboxylic acids is 1. The van der Waals surface area contributed by atoms with Crippen molar-refractivity contribution in [2.75, 3.05) is 31.6 Å². The van der Waals surface area contributed by atoms with Gasteiger partial charge in [0.05, 0.1) is 41.6 Å². The maximum Gasteiger partial charge on any atom is 0.300 e. The van der Waals surface area contributed by atoms with Gasteiger partial charge in [0.2, 0.25) is 0 Å². The van der Waals surface area contributed by atoms with Crippen LogP contribution in [0.15, 0.2) is 24.0 Å². The van der Waals surface area contributed by atoms with E-state index in [0.717, 1.165) is 24.8 Å². The molecule has 2 aliphatic rings. The first-order chi connectivity index (χ1) is 17.5. The largest absolute Gasteiger partial charge is 0.481 e. The Bertz CT molecular complexity index is 1100. The highest BCUT2D eigenvalue weighted by Crippen LogP contribution is 2.32. The van der Waals surface area contributed by atoms with E-state index in [1.165, 1.54) is 17.9 Å². The molecule has 0 unspecified atom stereocenters. The number of anilines is 1. The van der Waals surface area contributed by atoms with Crippen LogP contribution in [0.25, 0.3) is 5.70 Å². The molecule has 1 aliphatic carbocycles. The maximum absolute atomic E-state index is 13.9. The molecule has 0 bridgehead atoms. The lowest BCUT2D eigenvalue weighted by Crippen LogP contribution is -2.43. The number of hydrazine groups is 1. The van der Waals surface area contributed by atoms with Gasteiger partial charge in [-0.05, 0) is 43.7 Å². The minimum absolute atomic E-state index is 0.0767. The van der Waals surface area contributed by atoms with Gasteiger partial charge in [0.15, 0.2) is 0 Å². The highest BCUT2D eigenvalue weighted by atomic mass is 19.3. The molecule has 5 N–H and O–H groups in total. The predicted molar refractivity (Wildman–Crippen MR) is 135 cm³/mol. The van der Waals surface area contributed by atoms with Crippen LogP contribution in [0, 0.1) is 5.92 Å². The molecule has 204 valence electrons. The van der Waals surface area contributed by atoms with Crippen LogP contribution < -0.4 is 21.2 Å². The Morgan fingerprint density at radius 3 is 2.65 bits per heavy atom. The van der Waals surface area contributed by atoms with Crippen LogP contribution in [-0.4, -0.2) is 68.7 Å². The molecular formula is C24H36F2N8O3. The molecule has 0 amide bonds. The quantitative estimate of drug-likeness (QED) is 0.331. The van der Waals surface area contributed by atoms with Gasteiger partial charge >= 0.3 is 0 Å². The van der Waals surface area contributed by atoms with Crippen molar-refractivity contribution in [3.05, 3.63) is 35.4 Å². The number of piperidine rings is 1. The number of aromatic nitrogens is 4. The number of carboxylic acid groups (broad SMARTS) is 1. The summed E-state index contributed by atoms with van der Waals surface area (Å²) in [5.41, 5.74) is 9.26. The molecule has 2 aromatic heterocycles. The van der Waals surface area contributed by atoms with Crippen LogP contribution in [0.3, 0.4) is 0 Å². The maximum atomic E-state index is 13.9. The first-order valence-corrected chi connectivity index (χ1v) is 12.3. The third kappa shape index (κ3) is 8.27. The molecule has 37 heavy (non-hydrogen) atoms. The van der Waals surface area contributed by atoms with Crippen LogP contribution in [0.1, 0.15) is 50.9 Å². The van der Waals surface area contributed by atoms with Crippen molar-refractivity contribution in [3.63, 3.8) is 0 Å². The van der Waals surface area contributed by atoms with Crippen molar-refractivity contribution >= 4 is 17.4 Å². The Labute approximate surface area is 215 Å². The first kappa shape index (κ1) is 28.1. The fourth-order valence-electron chi connectivity index (χ4n) is 3.99. The molecule has 1 saturated heterocycles. The number of hydrogen-bond acceptors (Lipinski definition) is 9. The van der Waals surface area contributed by atoms with Gasteiger partial charge in [0.1, 0.15) is 12.8 Å². The Morgan fingerprint density at radius 1 is 1.35 bits per heavy atom. The van der Waals surface area contributed by atoms with Crippen LogP contribution in [0.4, 0.5) is 14.5 Å². The van der Waals surface area contributed by atoms with E-state index < -0.39 is 11.9 Å². The number of halogens is 2. The predicted octanol–water partition coefficient (Wildman–Crippen LogP) is 2.48. The van der Waals surface area contributed by atoms with Crippen molar-refractivity contribution < 1.29 is 23.4 Å².